The smallest absolute Gasteiger partial charge is 0.217 e. The molecule has 0 saturated carbocycles. The molecule has 0 aliphatic carbocycles. The van der Waals surface area contributed by atoms with Crippen LogP contribution in [0.25, 0.3) is 0 Å². The molecule has 1 aromatic rings. The van der Waals surface area contributed by atoms with Crippen molar-refractivity contribution < 1.29 is 4.39 Å². The van der Waals surface area contributed by atoms with E-state index in [0.29, 0.717) is 0 Å². The van der Waals surface area contributed by atoms with Crippen LogP contribution in [0, 0.1) is 5.95 Å². The molecule has 0 fully saturated rings. The minimum Gasteiger partial charge on any atom is -0.217 e. The monoisotopic (exact) mass is 103 g/mol. The zero-order chi connectivity index (χ0) is 4.41. The SMILES string of the molecule is Fc1cscn1. The van der Waals surface area contributed by atoms with Gasteiger partial charge in [0.25, 0.3) is 0 Å². The normalized spacial score (nSPS) is 8.83. The lowest BCUT2D eigenvalue weighted by molar-refractivity contribution is 0.592. The van der Waals surface area contributed by atoms with Crippen molar-refractivity contribution in [3.63, 3.8) is 0 Å². The van der Waals surface area contributed by atoms with Crippen molar-refractivity contribution in [3.05, 3.63) is 16.8 Å². The van der Waals surface area contributed by atoms with Crippen LogP contribution in [-0.4, -0.2) is 4.98 Å². The lowest BCUT2D eigenvalue weighted by Crippen LogP contribution is -1.61. The average Bonchev–Trinajstić information content (AvgIpc) is 1.86. The van der Waals surface area contributed by atoms with E-state index < -0.39 is 0 Å². The Labute approximate surface area is 38.5 Å². The summed E-state index contributed by atoms with van der Waals surface area (Å²) in [4.78, 5) is 3.27. The molecule has 1 heterocycles. The highest BCUT2D eigenvalue weighted by Crippen LogP contribution is 1.95. The summed E-state index contributed by atoms with van der Waals surface area (Å²) in [6, 6.07) is 0. The second kappa shape index (κ2) is 1.34. The second-order valence-corrected chi connectivity index (χ2v) is 1.53. The molecule has 0 unspecified atom stereocenters. The van der Waals surface area contributed by atoms with Crippen LogP contribution in [0.1, 0.15) is 0 Å². The van der Waals surface area contributed by atoms with Crippen molar-refractivity contribution in [3.8, 4) is 0 Å². The fourth-order valence-corrected chi connectivity index (χ4v) is 0.593. The number of hydrogen-bond donors (Lipinski definition) is 0. The van der Waals surface area contributed by atoms with Crippen molar-refractivity contribution >= 4 is 11.3 Å². The molecule has 1 nitrogen and oxygen atoms in total. The van der Waals surface area contributed by atoms with E-state index in [1.165, 1.54) is 22.2 Å². The highest BCUT2D eigenvalue weighted by molar-refractivity contribution is 7.07. The summed E-state index contributed by atoms with van der Waals surface area (Å²) in [5.74, 6) is -0.389. The molecule has 0 aliphatic rings. The Morgan fingerprint density at radius 1 is 1.83 bits per heavy atom. The lowest BCUT2D eigenvalue weighted by Gasteiger charge is -1.59. The van der Waals surface area contributed by atoms with Crippen LogP contribution in [-0.2, 0) is 0 Å². The summed E-state index contributed by atoms with van der Waals surface area (Å²) in [5, 5.41) is 1.35. The van der Waals surface area contributed by atoms with Crippen LogP contribution >= 0.6 is 11.3 Å². The van der Waals surface area contributed by atoms with Crippen molar-refractivity contribution in [2.75, 3.05) is 0 Å². The van der Waals surface area contributed by atoms with E-state index in [9.17, 15) is 4.39 Å². The Kier molecular flexibility index (Phi) is 0.837. The van der Waals surface area contributed by atoms with E-state index >= 15 is 0 Å². The maximum atomic E-state index is 11.6. The van der Waals surface area contributed by atoms with Gasteiger partial charge in [-0.3, -0.25) is 0 Å². The first kappa shape index (κ1) is 3.74. The average molecular weight is 103 g/mol. The number of nitrogens with zero attached hydrogens (tertiary/aromatic N) is 1. The number of aromatic nitrogens is 1. The molecule has 0 saturated heterocycles. The van der Waals surface area contributed by atoms with E-state index in [4.69, 9.17) is 0 Å². The molecule has 1 aromatic heterocycles. The molecule has 0 atom stereocenters. The zero-order valence-electron chi connectivity index (χ0n) is 2.89. The fraction of sp³-hybridized carbons (Fsp3) is 0. The quantitative estimate of drug-likeness (QED) is 0.482. The number of thiazole rings is 1. The third-order valence-corrected chi connectivity index (χ3v) is 0.960. The highest BCUT2D eigenvalue weighted by atomic mass is 32.1. The third-order valence-electron chi connectivity index (χ3n) is 0.402. The number of hydrogen-bond acceptors (Lipinski definition) is 2. The van der Waals surface area contributed by atoms with Gasteiger partial charge in [0.15, 0.2) is 0 Å². The summed E-state index contributed by atoms with van der Waals surface area (Å²) >= 11 is 1.25. The number of halogens is 1. The molecule has 0 spiro atoms. The molecule has 0 bridgehead atoms. The largest absolute Gasteiger partial charge is 0.223 e. The minimum atomic E-state index is -0.389. The first-order chi connectivity index (χ1) is 2.89. The summed E-state index contributed by atoms with van der Waals surface area (Å²) in [7, 11) is 0. The van der Waals surface area contributed by atoms with E-state index in [-0.39, 0.29) is 5.95 Å². The Bertz CT molecular complexity index is 114. The van der Waals surface area contributed by atoms with E-state index in [1.54, 1.807) is 0 Å². The standard InChI is InChI=1S/C3H2FNS/c4-3-1-6-2-5-3/h1-2H. The molecule has 0 aliphatic heterocycles. The minimum absolute atomic E-state index is 0.389. The van der Waals surface area contributed by atoms with Gasteiger partial charge in [-0.2, -0.15) is 4.39 Å². The van der Waals surface area contributed by atoms with Gasteiger partial charge in [0.1, 0.15) is 0 Å². The van der Waals surface area contributed by atoms with Gasteiger partial charge in [0.05, 0.1) is 5.51 Å². The van der Waals surface area contributed by atoms with Gasteiger partial charge in [0, 0.05) is 5.38 Å². The topological polar surface area (TPSA) is 12.9 Å². The first-order valence-electron chi connectivity index (χ1n) is 1.43. The van der Waals surface area contributed by atoms with Crippen LogP contribution in [0.4, 0.5) is 4.39 Å². The molecular formula is C3H2FNS. The maximum absolute atomic E-state index is 11.6. The Morgan fingerprint density at radius 3 is 2.83 bits per heavy atom. The van der Waals surface area contributed by atoms with Crippen molar-refractivity contribution in [2.24, 2.45) is 0 Å². The van der Waals surface area contributed by atoms with Crippen LogP contribution < -0.4 is 0 Å². The lowest BCUT2D eigenvalue weighted by atomic mass is 11.0. The summed E-state index contributed by atoms with van der Waals surface area (Å²) in [5.41, 5.74) is 1.45. The molecule has 3 heteroatoms. The molecule has 0 N–H and O–H groups in total. The Balaban J connectivity index is 3.05. The second-order valence-electron chi connectivity index (χ2n) is 0.811. The van der Waals surface area contributed by atoms with Crippen LogP contribution in [0.3, 0.4) is 0 Å². The van der Waals surface area contributed by atoms with Gasteiger partial charge in [-0.1, -0.05) is 0 Å². The first-order valence-corrected chi connectivity index (χ1v) is 2.37. The van der Waals surface area contributed by atoms with Gasteiger partial charge in [-0.05, 0) is 0 Å². The van der Waals surface area contributed by atoms with E-state index in [1.807, 2.05) is 0 Å². The van der Waals surface area contributed by atoms with Gasteiger partial charge < -0.3 is 0 Å². The summed E-state index contributed by atoms with van der Waals surface area (Å²) in [6.07, 6.45) is 0. The maximum Gasteiger partial charge on any atom is 0.223 e. The molecule has 0 aromatic carbocycles. The molecule has 0 amide bonds. The van der Waals surface area contributed by atoms with Crippen LogP contribution in [0.15, 0.2) is 10.9 Å². The fourth-order valence-electron chi connectivity index (χ4n) is 0.198. The van der Waals surface area contributed by atoms with Crippen molar-refractivity contribution in [1.29, 1.82) is 0 Å². The van der Waals surface area contributed by atoms with Gasteiger partial charge in [-0.15, -0.1) is 11.3 Å². The van der Waals surface area contributed by atoms with Crippen molar-refractivity contribution in [2.45, 2.75) is 0 Å². The third kappa shape index (κ3) is 0.542. The molecular weight excluding hydrogens is 101 g/mol. The van der Waals surface area contributed by atoms with Gasteiger partial charge in [0.2, 0.25) is 5.95 Å². The predicted octanol–water partition coefficient (Wildman–Crippen LogP) is 1.28. The molecule has 6 heavy (non-hydrogen) atoms. The summed E-state index contributed by atoms with van der Waals surface area (Å²) in [6.45, 7) is 0. The van der Waals surface area contributed by atoms with Crippen molar-refractivity contribution in [1.82, 2.24) is 4.98 Å². The number of rotatable bonds is 0. The Morgan fingerprint density at radius 2 is 2.67 bits per heavy atom. The highest BCUT2D eigenvalue weighted by Gasteiger charge is 1.81. The van der Waals surface area contributed by atoms with Gasteiger partial charge in [-0.25, -0.2) is 4.98 Å². The van der Waals surface area contributed by atoms with Crippen LogP contribution in [0.5, 0.6) is 0 Å². The zero-order valence-corrected chi connectivity index (χ0v) is 3.70. The summed E-state index contributed by atoms with van der Waals surface area (Å²) < 4.78 is 11.6. The van der Waals surface area contributed by atoms with E-state index in [0.717, 1.165) is 0 Å². The van der Waals surface area contributed by atoms with Gasteiger partial charge >= 0.3 is 0 Å². The Hall–Kier alpha value is -0.440. The van der Waals surface area contributed by atoms with E-state index in [2.05, 4.69) is 4.98 Å². The molecule has 1 rings (SSSR count). The predicted molar refractivity (Wildman–Crippen MR) is 22.1 cm³/mol. The molecule has 0 radical (unpaired) electrons. The van der Waals surface area contributed by atoms with Crippen LogP contribution in [0.2, 0.25) is 0 Å². The molecule has 32 valence electrons.